The first-order valence-electron chi connectivity index (χ1n) is 8.31. The van der Waals surface area contributed by atoms with Crippen molar-refractivity contribution in [1.29, 1.82) is 0 Å². The van der Waals surface area contributed by atoms with Gasteiger partial charge in [0.1, 0.15) is 5.75 Å². The van der Waals surface area contributed by atoms with Gasteiger partial charge in [0.05, 0.1) is 4.92 Å². The number of hydrogen-bond donors (Lipinski definition) is 0. The van der Waals surface area contributed by atoms with E-state index >= 15 is 0 Å². The third-order valence-corrected chi connectivity index (χ3v) is 4.21. The minimum atomic E-state index is -1.29. The zero-order chi connectivity index (χ0) is 19.6. The summed E-state index contributed by atoms with van der Waals surface area (Å²) in [7, 11) is 0. The number of carbonyl (C=O) groups is 1. The van der Waals surface area contributed by atoms with E-state index in [-0.39, 0.29) is 24.1 Å². The van der Waals surface area contributed by atoms with E-state index in [0.717, 1.165) is 5.56 Å². The lowest BCUT2D eigenvalue weighted by Crippen LogP contribution is -2.41. The van der Waals surface area contributed by atoms with Crippen LogP contribution in [0.5, 0.6) is 5.75 Å². The van der Waals surface area contributed by atoms with Gasteiger partial charge in [0.2, 0.25) is 17.5 Å². The average Bonchev–Trinajstić information content (AvgIpc) is 3.00. The highest BCUT2D eigenvalue weighted by Gasteiger charge is 2.45. The number of amides is 1. The van der Waals surface area contributed by atoms with E-state index in [1.165, 1.54) is 24.1 Å². The topological polar surface area (TPSA) is 94.3 Å². The number of nitro groups is 1. The van der Waals surface area contributed by atoms with Crippen molar-refractivity contribution in [2.24, 2.45) is 5.10 Å². The number of benzene rings is 2. The Hall–Kier alpha value is -3.42. The highest BCUT2D eigenvalue weighted by atomic mass is 16.6. The Balaban J connectivity index is 1.82. The Morgan fingerprint density at radius 2 is 2.00 bits per heavy atom. The maximum absolute atomic E-state index is 12.1. The Morgan fingerprint density at radius 3 is 2.63 bits per heavy atom. The highest BCUT2D eigenvalue weighted by molar-refractivity contribution is 5.84. The number of nitrogens with zero attached hydrogens (tertiary/aromatic N) is 3. The summed E-state index contributed by atoms with van der Waals surface area (Å²) < 4.78 is 11.6. The SMILES string of the molecule is CC(=O)N1N=C(COc2ccc(C)cc2)O[C@]1(C)c1cccc([N+](=O)[O-])c1. The van der Waals surface area contributed by atoms with Crippen LogP contribution < -0.4 is 4.74 Å². The first-order valence-corrected chi connectivity index (χ1v) is 8.31. The van der Waals surface area contributed by atoms with E-state index < -0.39 is 10.6 Å². The molecule has 140 valence electrons. The molecule has 0 radical (unpaired) electrons. The van der Waals surface area contributed by atoms with Crippen molar-refractivity contribution < 1.29 is 19.2 Å². The maximum atomic E-state index is 12.1. The zero-order valence-corrected chi connectivity index (χ0v) is 15.2. The molecule has 2 aromatic carbocycles. The minimum absolute atomic E-state index is 0.0252. The lowest BCUT2D eigenvalue weighted by atomic mass is 10.0. The number of hydrogen-bond acceptors (Lipinski definition) is 6. The van der Waals surface area contributed by atoms with Crippen LogP contribution in [-0.2, 0) is 15.3 Å². The number of carbonyl (C=O) groups excluding carboxylic acids is 1. The molecule has 8 heteroatoms. The molecule has 3 rings (SSSR count). The monoisotopic (exact) mass is 369 g/mol. The second-order valence-electron chi connectivity index (χ2n) is 6.32. The molecule has 1 aliphatic rings. The summed E-state index contributed by atoms with van der Waals surface area (Å²) in [5, 5.41) is 16.4. The third kappa shape index (κ3) is 3.74. The van der Waals surface area contributed by atoms with E-state index in [0.29, 0.717) is 11.3 Å². The predicted octanol–water partition coefficient (Wildman–Crippen LogP) is 3.35. The maximum Gasteiger partial charge on any atom is 0.269 e. The lowest BCUT2D eigenvalue weighted by Gasteiger charge is -2.30. The molecule has 1 amide bonds. The van der Waals surface area contributed by atoms with Gasteiger partial charge in [-0.3, -0.25) is 14.9 Å². The van der Waals surface area contributed by atoms with Crippen LogP contribution in [0.3, 0.4) is 0 Å². The first-order chi connectivity index (χ1) is 12.8. The Morgan fingerprint density at radius 1 is 1.30 bits per heavy atom. The summed E-state index contributed by atoms with van der Waals surface area (Å²) in [5.74, 6) is 0.499. The molecule has 1 atom stereocenters. The van der Waals surface area contributed by atoms with Gasteiger partial charge in [-0.05, 0) is 19.1 Å². The number of rotatable bonds is 5. The second-order valence-corrected chi connectivity index (χ2v) is 6.32. The van der Waals surface area contributed by atoms with Crippen LogP contribution in [0.2, 0.25) is 0 Å². The summed E-state index contributed by atoms with van der Waals surface area (Å²) in [5.41, 5.74) is 0.174. The van der Waals surface area contributed by atoms with Gasteiger partial charge in [0.25, 0.3) is 5.69 Å². The van der Waals surface area contributed by atoms with Gasteiger partial charge >= 0.3 is 0 Å². The van der Waals surface area contributed by atoms with Gasteiger partial charge in [0.15, 0.2) is 6.61 Å². The van der Waals surface area contributed by atoms with Crippen LogP contribution in [0.4, 0.5) is 5.69 Å². The number of non-ortho nitro benzene ring substituents is 1. The van der Waals surface area contributed by atoms with Crippen LogP contribution in [0, 0.1) is 17.0 Å². The summed E-state index contributed by atoms with van der Waals surface area (Å²) in [6, 6.07) is 13.4. The molecule has 8 nitrogen and oxygen atoms in total. The van der Waals surface area contributed by atoms with Crippen molar-refractivity contribution in [3.8, 4) is 5.75 Å². The van der Waals surface area contributed by atoms with Crippen molar-refractivity contribution >= 4 is 17.5 Å². The van der Waals surface area contributed by atoms with E-state index in [4.69, 9.17) is 9.47 Å². The molecule has 0 aromatic heterocycles. The van der Waals surface area contributed by atoms with Gasteiger partial charge in [0, 0.05) is 31.5 Å². The molecule has 2 aromatic rings. The van der Waals surface area contributed by atoms with Crippen molar-refractivity contribution in [2.75, 3.05) is 6.61 Å². The standard InChI is InChI=1S/C19H19N3O5/c1-13-7-9-17(10-8-13)26-12-18-20-21(14(2)23)19(3,27-18)15-5-4-6-16(11-15)22(24)25/h4-11H,12H2,1-3H3/t19-/m1/s1. The summed E-state index contributed by atoms with van der Waals surface area (Å²) in [6.45, 7) is 4.99. The first kappa shape index (κ1) is 18.4. The molecule has 27 heavy (non-hydrogen) atoms. The van der Waals surface area contributed by atoms with E-state index in [1.807, 2.05) is 31.2 Å². The van der Waals surface area contributed by atoms with Gasteiger partial charge in [-0.1, -0.05) is 29.8 Å². The lowest BCUT2D eigenvalue weighted by molar-refractivity contribution is -0.385. The summed E-state index contributed by atoms with van der Waals surface area (Å²) in [6.07, 6.45) is 0. The van der Waals surface area contributed by atoms with Gasteiger partial charge in [-0.2, -0.15) is 5.01 Å². The quantitative estimate of drug-likeness (QED) is 0.595. The normalized spacial score (nSPS) is 18.6. The molecule has 0 aliphatic carbocycles. The highest BCUT2D eigenvalue weighted by Crippen LogP contribution is 2.36. The fourth-order valence-electron chi connectivity index (χ4n) is 2.80. The molecule has 0 fully saturated rings. The Kier molecular flexibility index (Phi) is 4.81. The molecule has 0 spiro atoms. The average molecular weight is 369 g/mol. The number of nitro benzene ring substituents is 1. The van der Waals surface area contributed by atoms with Crippen LogP contribution in [-0.4, -0.2) is 28.3 Å². The second kappa shape index (κ2) is 7.06. The van der Waals surface area contributed by atoms with Gasteiger partial charge in [-0.25, -0.2) is 0 Å². The largest absolute Gasteiger partial charge is 0.484 e. The number of aryl methyl sites for hydroxylation is 1. The Labute approximate surface area is 156 Å². The minimum Gasteiger partial charge on any atom is -0.484 e. The van der Waals surface area contributed by atoms with Crippen molar-refractivity contribution in [3.63, 3.8) is 0 Å². The summed E-state index contributed by atoms with van der Waals surface area (Å²) in [4.78, 5) is 22.6. The van der Waals surface area contributed by atoms with E-state index in [1.54, 1.807) is 19.1 Å². The third-order valence-electron chi connectivity index (χ3n) is 4.21. The molecule has 0 saturated carbocycles. The molecule has 0 unspecified atom stereocenters. The number of ether oxygens (including phenoxy) is 2. The van der Waals surface area contributed by atoms with E-state index in [2.05, 4.69) is 5.10 Å². The van der Waals surface area contributed by atoms with Gasteiger partial charge < -0.3 is 9.47 Å². The predicted molar refractivity (Wildman–Crippen MR) is 98.2 cm³/mol. The van der Waals surface area contributed by atoms with Crippen LogP contribution >= 0.6 is 0 Å². The number of hydrazone groups is 1. The summed E-state index contributed by atoms with van der Waals surface area (Å²) >= 11 is 0. The molecule has 1 aliphatic heterocycles. The molecule has 0 bridgehead atoms. The van der Waals surface area contributed by atoms with Crippen LogP contribution in [0.15, 0.2) is 53.6 Å². The molecule has 0 N–H and O–H groups in total. The van der Waals surface area contributed by atoms with Gasteiger partial charge in [-0.15, -0.1) is 5.10 Å². The van der Waals surface area contributed by atoms with Crippen LogP contribution in [0.25, 0.3) is 0 Å². The fraction of sp³-hybridized carbons (Fsp3) is 0.263. The smallest absolute Gasteiger partial charge is 0.269 e. The molecule has 1 heterocycles. The molecular weight excluding hydrogens is 350 g/mol. The van der Waals surface area contributed by atoms with Crippen molar-refractivity contribution in [3.05, 3.63) is 69.8 Å². The van der Waals surface area contributed by atoms with Crippen molar-refractivity contribution in [1.82, 2.24) is 5.01 Å². The van der Waals surface area contributed by atoms with E-state index in [9.17, 15) is 14.9 Å². The molecule has 0 saturated heterocycles. The zero-order valence-electron chi connectivity index (χ0n) is 15.2. The fourth-order valence-corrected chi connectivity index (χ4v) is 2.80. The Bertz CT molecular complexity index is 910. The van der Waals surface area contributed by atoms with Crippen molar-refractivity contribution in [2.45, 2.75) is 26.5 Å². The van der Waals surface area contributed by atoms with Crippen LogP contribution in [0.1, 0.15) is 25.0 Å². The molecular formula is C19H19N3O5.